The van der Waals surface area contributed by atoms with Crippen molar-refractivity contribution in [2.75, 3.05) is 5.73 Å². The number of rotatable bonds is 6. The first kappa shape index (κ1) is 34.9. The molecule has 9 N–H and O–H groups in total. The van der Waals surface area contributed by atoms with Crippen LogP contribution in [0.4, 0.5) is 5.69 Å². The molecule has 11 nitrogen and oxygen atoms in total. The molecule has 250 valence electrons. The van der Waals surface area contributed by atoms with E-state index in [2.05, 4.69) is 0 Å². The molecule has 11 heteroatoms. The van der Waals surface area contributed by atoms with Crippen molar-refractivity contribution in [3.8, 4) is 45.6 Å². The Hall–Kier alpha value is -5.97. The van der Waals surface area contributed by atoms with Crippen LogP contribution >= 0.6 is 0 Å². The first-order valence-corrected chi connectivity index (χ1v) is 15.0. The van der Waals surface area contributed by atoms with Gasteiger partial charge in [0, 0.05) is 38.7 Å². The quantitative estimate of drug-likeness (QED) is 0.0513. The summed E-state index contributed by atoms with van der Waals surface area (Å²) < 4.78 is 0. The van der Waals surface area contributed by atoms with Crippen LogP contribution in [0.5, 0.6) is 34.5 Å². The van der Waals surface area contributed by atoms with Crippen molar-refractivity contribution < 1.29 is 50.1 Å². The minimum Gasteiger partial charge on any atom is -0.507 e. The number of carboxylic acid groups (broad SMARTS) is 1. The molecule has 0 aliphatic heterocycles. The molecular formula is C37H37NO10. The van der Waals surface area contributed by atoms with Gasteiger partial charge in [-0.15, -0.1) is 0 Å². The second-order valence-corrected chi connectivity index (χ2v) is 12.2. The van der Waals surface area contributed by atoms with Crippen molar-refractivity contribution in [1.29, 1.82) is 0 Å². The number of carboxylic acids is 1. The average Bonchev–Trinajstić information content (AvgIpc) is 3.01. The molecule has 0 saturated carbocycles. The molecule has 0 spiro atoms. The molecule has 0 amide bonds. The largest absolute Gasteiger partial charge is 0.507 e. The van der Waals surface area contributed by atoms with Crippen LogP contribution in [0.2, 0.25) is 0 Å². The number of hydrogen-bond acceptors (Lipinski definition) is 10. The number of aromatic hydroxyl groups is 6. The normalized spacial score (nSPS) is 11.2. The molecule has 0 unspecified atom stereocenters. The fraction of sp³-hybridized carbons (Fsp3) is 0.216. The lowest BCUT2D eigenvalue weighted by Gasteiger charge is -2.23. The Morgan fingerprint density at radius 3 is 1.31 bits per heavy atom. The van der Waals surface area contributed by atoms with E-state index in [1.165, 1.54) is 6.07 Å². The lowest BCUT2D eigenvalue weighted by molar-refractivity contribution is 0.0697. The zero-order chi connectivity index (χ0) is 35.9. The molecule has 0 heterocycles. The first-order valence-electron chi connectivity index (χ1n) is 15.0. The first-order chi connectivity index (χ1) is 22.5. The molecule has 5 aromatic rings. The molecule has 0 radical (unpaired) electrons. The molecule has 0 saturated heterocycles. The van der Waals surface area contributed by atoms with Gasteiger partial charge < -0.3 is 41.5 Å². The van der Waals surface area contributed by atoms with Gasteiger partial charge in [-0.3, -0.25) is 9.59 Å². The van der Waals surface area contributed by atoms with Crippen LogP contribution in [0, 0.1) is 13.8 Å². The van der Waals surface area contributed by atoms with Crippen molar-refractivity contribution in [3.63, 3.8) is 0 Å². The van der Waals surface area contributed by atoms with E-state index in [-0.39, 0.29) is 50.4 Å². The summed E-state index contributed by atoms with van der Waals surface area (Å²) in [4.78, 5) is 34.3. The summed E-state index contributed by atoms with van der Waals surface area (Å²) in [6.07, 6.45) is 0.682. The maximum Gasteiger partial charge on any atom is 0.337 e. The number of anilines is 1. The molecular weight excluding hydrogens is 618 g/mol. The van der Waals surface area contributed by atoms with Crippen LogP contribution in [-0.4, -0.2) is 54.3 Å². The summed E-state index contributed by atoms with van der Waals surface area (Å²) in [6, 6.07) is 9.68. The molecule has 0 bridgehead atoms. The number of carbonyl (C=O) groups is 3. The van der Waals surface area contributed by atoms with Gasteiger partial charge >= 0.3 is 5.97 Å². The fourth-order valence-electron chi connectivity index (χ4n) is 6.29. The highest BCUT2D eigenvalue weighted by Crippen LogP contribution is 2.54. The lowest BCUT2D eigenvalue weighted by atomic mass is 9.83. The van der Waals surface area contributed by atoms with E-state index in [9.17, 15) is 45.0 Å². The summed E-state index contributed by atoms with van der Waals surface area (Å²) in [5.74, 6) is -4.56. The molecule has 0 fully saturated rings. The van der Waals surface area contributed by atoms with E-state index in [4.69, 9.17) is 10.8 Å². The maximum absolute atomic E-state index is 12.0. The Kier molecular flexibility index (Phi) is 9.47. The number of fused-ring (bicyclic) bond motifs is 2. The Morgan fingerprint density at radius 2 is 1.02 bits per heavy atom. The van der Waals surface area contributed by atoms with Crippen molar-refractivity contribution in [2.24, 2.45) is 0 Å². The van der Waals surface area contributed by atoms with Crippen LogP contribution in [-0.2, 0) is 0 Å². The van der Waals surface area contributed by atoms with Crippen molar-refractivity contribution >= 4 is 45.8 Å². The second kappa shape index (κ2) is 13.0. The monoisotopic (exact) mass is 655 g/mol. The zero-order valence-corrected chi connectivity index (χ0v) is 27.2. The Balaban J connectivity index is 0.000000445. The van der Waals surface area contributed by atoms with Crippen LogP contribution in [0.3, 0.4) is 0 Å². The van der Waals surface area contributed by atoms with E-state index < -0.39 is 40.5 Å². The van der Waals surface area contributed by atoms with Gasteiger partial charge in [-0.05, 0) is 59.7 Å². The highest BCUT2D eigenvalue weighted by Gasteiger charge is 2.29. The molecule has 0 aliphatic carbocycles. The second-order valence-electron chi connectivity index (χ2n) is 12.2. The van der Waals surface area contributed by atoms with Crippen LogP contribution in [0.25, 0.3) is 32.7 Å². The zero-order valence-electron chi connectivity index (χ0n) is 27.2. The van der Waals surface area contributed by atoms with Crippen LogP contribution < -0.4 is 5.73 Å². The standard InChI is InChI=1S/C30H30O8.C7H7NO2/c1-11(2)19-15-7-13(5)21(27(35)23(15)17(9-31)25(33)29(19)37)22-14(6)8-16-20(12(3)4)30(38)26(34)18(10-32)24(16)28(22)36;8-6-4-2-1-3-5(6)7(9)10/h7-12,33-38H,1-6H3;1-4H,8H2,(H,9,10). The topological polar surface area (TPSA) is 219 Å². The van der Waals surface area contributed by atoms with Gasteiger partial charge in [0.25, 0.3) is 0 Å². The minimum atomic E-state index is -0.988. The number of aldehydes is 2. The lowest BCUT2D eigenvalue weighted by Crippen LogP contribution is -2.01. The van der Waals surface area contributed by atoms with Crippen molar-refractivity contribution in [1.82, 2.24) is 0 Å². The number of nitrogen functional groups attached to an aromatic ring is 1. The number of para-hydroxylation sites is 1. The van der Waals surface area contributed by atoms with Gasteiger partial charge in [-0.2, -0.15) is 0 Å². The number of aryl methyl sites for hydroxylation is 2. The van der Waals surface area contributed by atoms with Gasteiger partial charge in [0.15, 0.2) is 35.6 Å². The smallest absolute Gasteiger partial charge is 0.337 e. The predicted molar refractivity (Wildman–Crippen MR) is 183 cm³/mol. The Morgan fingerprint density at radius 1 is 0.646 bits per heavy atom. The number of benzene rings is 5. The molecule has 5 aromatic carbocycles. The number of nitrogens with two attached hydrogens (primary N) is 1. The molecule has 48 heavy (non-hydrogen) atoms. The third kappa shape index (κ3) is 5.53. The third-order valence-corrected chi connectivity index (χ3v) is 8.42. The van der Waals surface area contributed by atoms with Crippen molar-refractivity contribution in [2.45, 2.75) is 53.4 Å². The molecule has 0 atom stereocenters. The average molecular weight is 656 g/mol. The summed E-state index contributed by atoms with van der Waals surface area (Å²) in [7, 11) is 0. The highest BCUT2D eigenvalue weighted by atomic mass is 16.4. The van der Waals surface area contributed by atoms with E-state index in [1.807, 2.05) is 0 Å². The number of phenols is 6. The van der Waals surface area contributed by atoms with E-state index >= 15 is 0 Å². The van der Waals surface area contributed by atoms with Crippen LogP contribution in [0.15, 0.2) is 36.4 Å². The molecule has 0 aliphatic rings. The van der Waals surface area contributed by atoms with E-state index in [0.717, 1.165) is 0 Å². The van der Waals surface area contributed by atoms with Crippen molar-refractivity contribution in [3.05, 3.63) is 75.3 Å². The summed E-state index contributed by atoms with van der Waals surface area (Å²) >= 11 is 0. The SMILES string of the molecule is Cc1cc2c(C(C)C)c(O)c(O)c(C=O)c2c(O)c1-c1c(C)cc2c(C(C)C)c(O)c(O)c(C=O)c2c1O.Nc1ccccc1C(=O)O. The maximum atomic E-state index is 12.0. The van der Waals surface area contributed by atoms with Gasteiger partial charge in [-0.25, -0.2) is 4.79 Å². The van der Waals surface area contributed by atoms with Gasteiger partial charge in [0.05, 0.1) is 16.7 Å². The fourth-order valence-corrected chi connectivity index (χ4v) is 6.29. The highest BCUT2D eigenvalue weighted by molar-refractivity contribution is 6.14. The van der Waals surface area contributed by atoms with Gasteiger partial charge in [0.2, 0.25) is 0 Å². The number of phenolic OH excluding ortho intramolecular Hbond substituents is 6. The van der Waals surface area contributed by atoms with E-state index in [1.54, 1.807) is 71.9 Å². The number of hydrogen-bond donors (Lipinski definition) is 8. The molecule has 5 rings (SSSR count). The van der Waals surface area contributed by atoms with E-state index in [0.29, 0.717) is 51.3 Å². The third-order valence-electron chi connectivity index (χ3n) is 8.42. The summed E-state index contributed by atoms with van der Waals surface area (Å²) in [6.45, 7) is 10.5. The summed E-state index contributed by atoms with van der Waals surface area (Å²) in [5.41, 5.74) is 7.13. The van der Waals surface area contributed by atoms with Crippen LogP contribution in [0.1, 0.15) is 92.9 Å². The predicted octanol–water partition coefficient (Wildman–Crippen LogP) is 7.35. The minimum absolute atomic E-state index is 0.00512. The Bertz CT molecular complexity index is 2020. The van der Waals surface area contributed by atoms with Gasteiger partial charge in [0.1, 0.15) is 11.5 Å². The summed E-state index contributed by atoms with van der Waals surface area (Å²) in [5, 5.41) is 74.9. The number of aromatic carboxylic acids is 1. The Labute approximate surface area is 275 Å². The molecule has 0 aromatic heterocycles. The van der Waals surface area contributed by atoms with Gasteiger partial charge in [-0.1, -0.05) is 52.0 Å². The number of carbonyl (C=O) groups excluding carboxylic acids is 2.